The molecule has 1 aliphatic carbocycles. The lowest BCUT2D eigenvalue weighted by molar-refractivity contribution is -0.137. The third kappa shape index (κ3) is 10.2. The molecular formula is C27H46O3Si. The van der Waals surface area contributed by atoms with Gasteiger partial charge in [0.25, 0.3) is 0 Å². The van der Waals surface area contributed by atoms with Crippen molar-refractivity contribution in [3.05, 3.63) is 47.1 Å². The molecule has 0 N–H and O–H groups in total. The van der Waals surface area contributed by atoms with Crippen molar-refractivity contribution in [1.29, 1.82) is 0 Å². The van der Waals surface area contributed by atoms with Crippen molar-refractivity contribution in [2.24, 2.45) is 0 Å². The van der Waals surface area contributed by atoms with Gasteiger partial charge in [0, 0.05) is 6.08 Å². The van der Waals surface area contributed by atoms with Crippen LogP contribution in [0, 0.1) is 0 Å². The number of carbonyl (C=O) groups excluding carboxylic acids is 1. The third-order valence-electron chi connectivity index (χ3n) is 6.51. The second-order valence-corrected chi connectivity index (χ2v) is 15.4. The highest BCUT2D eigenvalue weighted by molar-refractivity contribution is 6.74. The van der Waals surface area contributed by atoms with Gasteiger partial charge >= 0.3 is 5.97 Å². The highest BCUT2D eigenvalue weighted by Crippen LogP contribution is 2.40. The van der Waals surface area contributed by atoms with Gasteiger partial charge in [-0.05, 0) is 89.9 Å². The van der Waals surface area contributed by atoms with Gasteiger partial charge in [-0.15, -0.1) is 0 Å². The molecule has 0 radical (unpaired) electrons. The molecule has 0 aromatic heterocycles. The van der Waals surface area contributed by atoms with Gasteiger partial charge in [0.1, 0.15) is 0 Å². The molecule has 176 valence electrons. The number of allylic oxidation sites excluding steroid dienone is 6. The molecule has 0 heterocycles. The van der Waals surface area contributed by atoms with Gasteiger partial charge in [0.05, 0.1) is 12.2 Å². The van der Waals surface area contributed by atoms with Gasteiger partial charge in [0.2, 0.25) is 0 Å². The zero-order valence-electron chi connectivity index (χ0n) is 21.6. The Balaban J connectivity index is 3.32. The Hall–Kier alpha value is -1.39. The number of rotatable bonds is 4. The molecule has 0 aromatic rings. The van der Waals surface area contributed by atoms with Crippen LogP contribution in [-0.2, 0) is 14.0 Å². The van der Waals surface area contributed by atoms with Crippen molar-refractivity contribution in [3.8, 4) is 0 Å². The number of hydrogen-bond acceptors (Lipinski definition) is 3. The summed E-state index contributed by atoms with van der Waals surface area (Å²) in [6, 6.07) is 0. The average molecular weight is 447 g/mol. The zero-order chi connectivity index (χ0) is 23.7. The van der Waals surface area contributed by atoms with Crippen molar-refractivity contribution in [2.45, 2.75) is 111 Å². The summed E-state index contributed by atoms with van der Waals surface area (Å²) in [4.78, 5) is 12.1. The Bertz CT molecular complexity index is 719. The van der Waals surface area contributed by atoms with E-state index in [-0.39, 0.29) is 16.6 Å². The molecule has 0 fully saturated rings. The van der Waals surface area contributed by atoms with E-state index in [1.807, 2.05) is 6.92 Å². The van der Waals surface area contributed by atoms with Crippen LogP contribution in [-0.4, -0.2) is 26.5 Å². The summed E-state index contributed by atoms with van der Waals surface area (Å²) >= 11 is 0. The van der Waals surface area contributed by atoms with Gasteiger partial charge in [-0.3, -0.25) is 0 Å². The predicted molar refractivity (Wildman–Crippen MR) is 136 cm³/mol. The van der Waals surface area contributed by atoms with E-state index in [1.54, 1.807) is 6.08 Å². The van der Waals surface area contributed by atoms with Crippen LogP contribution in [0.4, 0.5) is 0 Å². The molecule has 0 aliphatic heterocycles. The summed E-state index contributed by atoms with van der Waals surface area (Å²) in [6.45, 7) is 20.3. The smallest absolute Gasteiger partial charge is 0.331 e. The van der Waals surface area contributed by atoms with Crippen LogP contribution in [0.25, 0.3) is 0 Å². The number of hydrogen-bond donors (Lipinski definition) is 0. The normalized spacial score (nSPS) is 28.1. The molecule has 1 unspecified atom stereocenters. The minimum Gasteiger partial charge on any atom is -0.463 e. The number of carbonyl (C=O) groups is 1. The van der Waals surface area contributed by atoms with Crippen LogP contribution in [0.2, 0.25) is 18.1 Å². The van der Waals surface area contributed by atoms with Crippen LogP contribution in [0.3, 0.4) is 0 Å². The third-order valence-corrected chi connectivity index (χ3v) is 11.1. The Morgan fingerprint density at radius 2 is 1.71 bits per heavy atom. The molecule has 0 saturated carbocycles. The second-order valence-electron chi connectivity index (χ2n) is 10.7. The van der Waals surface area contributed by atoms with Crippen molar-refractivity contribution in [2.75, 3.05) is 6.61 Å². The van der Waals surface area contributed by atoms with Crippen molar-refractivity contribution in [1.82, 2.24) is 0 Å². The summed E-state index contributed by atoms with van der Waals surface area (Å²) in [5.41, 5.74) is 3.44. The maximum atomic E-state index is 12.1. The van der Waals surface area contributed by atoms with Crippen LogP contribution in [0.1, 0.15) is 87.0 Å². The molecule has 0 spiro atoms. The first-order valence-corrected chi connectivity index (χ1v) is 14.8. The zero-order valence-corrected chi connectivity index (χ0v) is 22.6. The van der Waals surface area contributed by atoms with Crippen LogP contribution in [0.5, 0.6) is 0 Å². The largest absolute Gasteiger partial charge is 0.463 e. The first kappa shape index (κ1) is 27.6. The lowest BCUT2D eigenvalue weighted by Gasteiger charge is -2.43. The highest BCUT2D eigenvalue weighted by Gasteiger charge is 2.41. The first-order chi connectivity index (χ1) is 14.3. The lowest BCUT2D eigenvalue weighted by atomic mass is 9.95. The SMILES string of the molecule is CCOC(=O)/C=C1/C=C/C(C)(O[Si](C)(C)C(C)(C)C)CC/C=C(/C)CC/C=C(\C)CC1. The van der Waals surface area contributed by atoms with Crippen LogP contribution in [0.15, 0.2) is 47.1 Å². The van der Waals surface area contributed by atoms with Crippen LogP contribution < -0.4 is 0 Å². The molecule has 0 saturated heterocycles. The fourth-order valence-corrected chi connectivity index (χ4v) is 5.07. The molecule has 31 heavy (non-hydrogen) atoms. The molecule has 0 amide bonds. The Morgan fingerprint density at radius 3 is 2.32 bits per heavy atom. The number of ether oxygens (including phenoxy) is 1. The van der Waals surface area contributed by atoms with E-state index in [0.29, 0.717) is 6.61 Å². The second kappa shape index (κ2) is 12.0. The molecule has 0 bridgehead atoms. The van der Waals surface area contributed by atoms with E-state index in [0.717, 1.165) is 44.1 Å². The van der Waals surface area contributed by atoms with Gasteiger partial charge in [0.15, 0.2) is 8.32 Å². The van der Waals surface area contributed by atoms with Crippen molar-refractivity contribution >= 4 is 14.3 Å². The fourth-order valence-electron chi connectivity index (χ4n) is 3.42. The topological polar surface area (TPSA) is 35.5 Å². The molecule has 4 heteroatoms. The van der Waals surface area contributed by atoms with E-state index < -0.39 is 8.32 Å². The van der Waals surface area contributed by atoms with Gasteiger partial charge in [-0.2, -0.15) is 0 Å². The number of esters is 1. The van der Waals surface area contributed by atoms with E-state index in [4.69, 9.17) is 9.16 Å². The summed E-state index contributed by atoms with van der Waals surface area (Å²) in [7, 11) is -1.96. The molecule has 1 aliphatic rings. The van der Waals surface area contributed by atoms with E-state index >= 15 is 0 Å². The van der Waals surface area contributed by atoms with Gasteiger partial charge in [-0.1, -0.05) is 56.2 Å². The Labute approximate surface area is 192 Å². The maximum absolute atomic E-state index is 12.1. The average Bonchev–Trinajstić information content (AvgIpc) is 2.62. The first-order valence-electron chi connectivity index (χ1n) is 11.9. The van der Waals surface area contributed by atoms with E-state index in [1.165, 1.54) is 11.1 Å². The van der Waals surface area contributed by atoms with E-state index in [2.05, 4.69) is 78.9 Å². The fraction of sp³-hybridized carbons (Fsp3) is 0.667. The standard InChI is InChI=1S/C27H46O3Si/c1-10-29-25(28)21-24-17-16-23(3)14-11-13-22(2)15-12-19-27(7,20-18-24)30-31(8,9)26(4,5)6/h14-15,18,20-21H,10-13,16-17,19H2,1-9H3/b20-18+,22-15-,23-14+,24-21+. The molecular weight excluding hydrogens is 400 g/mol. The highest BCUT2D eigenvalue weighted by atomic mass is 28.4. The quantitative estimate of drug-likeness (QED) is 0.189. The van der Waals surface area contributed by atoms with E-state index in [9.17, 15) is 4.79 Å². The van der Waals surface area contributed by atoms with Crippen molar-refractivity contribution in [3.63, 3.8) is 0 Å². The molecule has 1 atom stereocenters. The maximum Gasteiger partial charge on any atom is 0.331 e. The Kier molecular flexibility index (Phi) is 10.7. The summed E-state index contributed by atoms with van der Waals surface area (Å²) in [6.07, 6.45) is 16.5. The van der Waals surface area contributed by atoms with Gasteiger partial charge < -0.3 is 9.16 Å². The molecule has 0 aromatic carbocycles. The summed E-state index contributed by atoms with van der Waals surface area (Å²) < 4.78 is 12.1. The Morgan fingerprint density at radius 1 is 1.10 bits per heavy atom. The van der Waals surface area contributed by atoms with Crippen molar-refractivity contribution < 1.29 is 14.0 Å². The summed E-state index contributed by atoms with van der Waals surface area (Å²) in [5.74, 6) is -0.268. The van der Waals surface area contributed by atoms with Gasteiger partial charge in [-0.25, -0.2) is 4.79 Å². The predicted octanol–water partition coefficient (Wildman–Crippen LogP) is 8.06. The minimum absolute atomic E-state index is 0.139. The molecule has 1 rings (SSSR count). The summed E-state index contributed by atoms with van der Waals surface area (Å²) in [5, 5.41) is 0.139. The molecule has 3 nitrogen and oxygen atoms in total. The monoisotopic (exact) mass is 446 g/mol. The lowest BCUT2D eigenvalue weighted by Crippen LogP contribution is -2.47. The minimum atomic E-state index is -1.96. The van der Waals surface area contributed by atoms with Crippen LogP contribution >= 0.6 is 0 Å².